The molecule has 0 saturated carbocycles. The Morgan fingerprint density at radius 3 is 1.96 bits per heavy atom. The SMILES string of the molecule is COc1ccccc1C(=O)C(OC)(OC)C(=O)c1ccc(O)c2ccccc12. The number of carbonyl (C=O) groups excluding carboxylic acids is 2. The second kappa shape index (κ2) is 7.80. The quantitative estimate of drug-likeness (QED) is 0.383. The summed E-state index contributed by atoms with van der Waals surface area (Å²) in [6.07, 6.45) is 0. The van der Waals surface area contributed by atoms with Crippen LogP contribution in [0.2, 0.25) is 0 Å². The van der Waals surface area contributed by atoms with Crippen molar-refractivity contribution in [1.82, 2.24) is 0 Å². The minimum atomic E-state index is -2.20. The highest BCUT2D eigenvalue weighted by atomic mass is 16.7. The van der Waals surface area contributed by atoms with Crippen molar-refractivity contribution >= 4 is 22.3 Å². The van der Waals surface area contributed by atoms with E-state index in [-0.39, 0.29) is 16.9 Å². The van der Waals surface area contributed by atoms with Crippen molar-refractivity contribution in [3.8, 4) is 11.5 Å². The molecule has 0 radical (unpaired) electrons. The maximum absolute atomic E-state index is 13.5. The fraction of sp³-hybridized carbons (Fsp3) is 0.182. The first-order chi connectivity index (χ1) is 13.5. The van der Waals surface area contributed by atoms with Crippen molar-refractivity contribution in [3.63, 3.8) is 0 Å². The van der Waals surface area contributed by atoms with Crippen molar-refractivity contribution in [2.24, 2.45) is 0 Å². The molecule has 3 aromatic carbocycles. The van der Waals surface area contributed by atoms with Gasteiger partial charge in [0.15, 0.2) is 0 Å². The number of benzene rings is 3. The summed E-state index contributed by atoms with van der Waals surface area (Å²) in [7, 11) is 3.90. The van der Waals surface area contributed by atoms with Gasteiger partial charge in [-0.3, -0.25) is 9.59 Å². The van der Waals surface area contributed by atoms with Gasteiger partial charge in [0.25, 0.3) is 5.79 Å². The van der Waals surface area contributed by atoms with Crippen LogP contribution in [0, 0.1) is 0 Å². The number of phenolic OH excluding ortho intramolecular Hbond substituents is 1. The first-order valence-electron chi connectivity index (χ1n) is 8.53. The van der Waals surface area contributed by atoms with Gasteiger partial charge in [0.2, 0.25) is 11.6 Å². The molecule has 0 aliphatic heterocycles. The molecule has 0 heterocycles. The molecule has 1 N–H and O–H groups in total. The predicted octanol–water partition coefficient (Wildman–Crippen LogP) is 3.61. The molecule has 0 saturated heterocycles. The van der Waals surface area contributed by atoms with Crippen LogP contribution >= 0.6 is 0 Å². The molecule has 6 nitrogen and oxygen atoms in total. The first-order valence-corrected chi connectivity index (χ1v) is 8.53. The van der Waals surface area contributed by atoms with Gasteiger partial charge in [-0.2, -0.15) is 0 Å². The number of para-hydroxylation sites is 1. The van der Waals surface area contributed by atoms with E-state index >= 15 is 0 Å². The minimum Gasteiger partial charge on any atom is -0.507 e. The Kier molecular flexibility index (Phi) is 5.44. The number of fused-ring (bicyclic) bond motifs is 1. The van der Waals surface area contributed by atoms with Gasteiger partial charge in [0, 0.05) is 25.2 Å². The number of aromatic hydroxyl groups is 1. The number of Topliss-reactive ketones (excluding diaryl/α,β-unsaturated/α-hetero) is 2. The van der Waals surface area contributed by atoms with Crippen LogP contribution in [0.5, 0.6) is 11.5 Å². The Hall–Kier alpha value is -3.22. The third kappa shape index (κ3) is 3.02. The molecule has 0 unspecified atom stereocenters. The van der Waals surface area contributed by atoms with Crippen LogP contribution in [0.1, 0.15) is 20.7 Å². The van der Waals surface area contributed by atoms with E-state index in [1.54, 1.807) is 42.5 Å². The zero-order valence-electron chi connectivity index (χ0n) is 15.8. The summed E-state index contributed by atoms with van der Waals surface area (Å²) in [6, 6.07) is 16.2. The van der Waals surface area contributed by atoms with Crippen LogP contribution in [-0.4, -0.2) is 43.8 Å². The van der Waals surface area contributed by atoms with Gasteiger partial charge in [0.05, 0.1) is 12.7 Å². The number of methoxy groups -OCH3 is 3. The van der Waals surface area contributed by atoms with E-state index in [0.29, 0.717) is 16.5 Å². The van der Waals surface area contributed by atoms with Crippen molar-refractivity contribution in [3.05, 3.63) is 71.8 Å². The zero-order chi connectivity index (χ0) is 20.3. The third-order valence-electron chi connectivity index (χ3n) is 4.67. The summed E-state index contributed by atoms with van der Waals surface area (Å²) in [6.45, 7) is 0. The summed E-state index contributed by atoms with van der Waals surface area (Å²) in [4.78, 5) is 26.8. The average molecular weight is 380 g/mol. The van der Waals surface area contributed by atoms with Crippen LogP contribution in [-0.2, 0) is 9.47 Å². The molecule has 3 aromatic rings. The van der Waals surface area contributed by atoms with E-state index in [4.69, 9.17) is 14.2 Å². The van der Waals surface area contributed by atoms with Gasteiger partial charge in [-0.25, -0.2) is 0 Å². The normalized spacial score (nSPS) is 11.4. The highest BCUT2D eigenvalue weighted by molar-refractivity contribution is 6.25. The summed E-state index contributed by atoms with van der Waals surface area (Å²) >= 11 is 0. The molecule has 0 aliphatic carbocycles. The van der Waals surface area contributed by atoms with Crippen molar-refractivity contribution in [1.29, 1.82) is 0 Å². The van der Waals surface area contributed by atoms with Crippen LogP contribution in [0.3, 0.4) is 0 Å². The van der Waals surface area contributed by atoms with Gasteiger partial charge in [-0.1, -0.05) is 36.4 Å². The predicted molar refractivity (Wildman–Crippen MR) is 104 cm³/mol. The second-order valence-corrected chi connectivity index (χ2v) is 6.06. The summed E-state index contributed by atoms with van der Waals surface area (Å²) < 4.78 is 16.0. The molecule has 0 aliphatic rings. The van der Waals surface area contributed by atoms with E-state index in [1.807, 2.05) is 0 Å². The number of rotatable bonds is 7. The van der Waals surface area contributed by atoms with Crippen molar-refractivity contribution in [2.45, 2.75) is 5.79 Å². The maximum atomic E-state index is 13.5. The Morgan fingerprint density at radius 2 is 1.32 bits per heavy atom. The van der Waals surface area contributed by atoms with Crippen molar-refractivity contribution in [2.75, 3.05) is 21.3 Å². The molecule has 3 rings (SSSR count). The Labute approximate surface area is 162 Å². The van der Waals surface area contributed by atoms with E-state index in [1.165, 1.54) is 39.5 Å². The molecule has 0 bridgehead atoms. The molecule has 28 heavy (non-hydrogen) atoms. The topological polar surface area (TPSA) is 82.1 Å². The Morgan fingerprint density at radius 1 is 0.750 bits per heavy atom. The Bertz CT molecular complexity index is 1040. The number of hydrogen-bond acceptors (Lipinski definition) is 6. The lowest BCUT2D eigenvalue weighted by atomic mass is 9.91. The second-order valence-electron chi connectivity index (χ2n) is 6.06. The zero-order valence-corrected chi connectivity index (χ0v) is 15.8. The fourth-order valence-corrected chi connectivity index (χ4v) is 3.23. The molecule has 0 amide bonds. The van der Waals surface area contributed by atoms with E-state index in [0.717, 1.165) is 0 Å². The van der Waals surface area contributed by atoms with Crippen LogP contribution in [0.4, 0.5) is 0 Å². The molecule has 0 fully saturated rings. The number of hydrogen-bond donors (Lipinski definition) is 1. The van der Waals surface area contributed by atoms with Crippen LogP contribution < -0.4 is 4.74 Å². The van der Waals surface area contributed by atoms with E-state index in [9.17, 15) is 14.7 Å². The molecular weight excluding hydrogens is 360 g/mol. The van der Waals surface area contributed by atoms with Gasteiger partial charge < -0.3 is 19.3 Å². The number of carbonyl (C=O) groups is 2. The van der Waals surface area contributed by atoms with Gasteiger partial charge >= 0.3 is 0 Å². The van der Waals surface area contributed by atoms with Gasteiger partial charge in [-0.05, 0) is 29.7 Å². The molecule has 0 atom stereocenters. The van der Waals surface area contributed by atoms with Crippen LogP contribution in [0.25, 0.3) is 10.8 Å². The highest BCUT2D eigenvalue weighted by Gasteiger charge is 2.49. The minimum absolute atomic E-state index is 0.0311. The standard InChI is InChI=1S/C22H20O6/c1-26-19-11-7-6-10-17(19)21(25)22(27-2,28-3)20(24)16-12-13-18(23)15-9-5-4-8-14(15)16/h4-13,23H,1-3H3. The summed E-state index contributed by atoms with van der Waals surface area (Å²) in [5.41, 5.74) is 0.352. The first kappa shape index (κ1) is 19.5. The fourth-order valence-electron chi connectivity index (χ4n) is 3.23. The maximum Gasteiger partial charge on any atom is 0.299 e. The summed E-state index contributed by atoms with van der Waals surface area (Å²) in [5.74, 6) is -3.23. The number of ether oxygens (including phenoxy) is 3. The molecule has 6 heteroatoms. The largest absolute Gasteiger partial charge is 0.507 e. The molecule has 144 valence electrons. The lowest BCUT2D eigenvalue weighted by Gasteiger charge is -2.28. The lowest BCUT2D eigenvalue weighted by molar-refractivity contribution is -0.136. The van der Waals surface area contributed by atoms with Crippen LogP contribution in [0.15, 0.2) is 60.7 Å². The monoisotopic (exact) mass is 380 g/mol. The molecular formula is C22H20O6. The summed E-state index contributed by atoms with van der Waals surface area (Å²) in [5, 5.41) is 11.1. The smallest absolute Gasteiger partial charge is 0.299 e. The van der Waals surface area contributed by atoms with Gasteiger partial charge in [-0.15, -0.1) is 0 Å². The highest BCUT2D eigenvalue weighted by Crippen LogP contribution is 2.33. The average Bonchev–Trinajstić information content (AvgIpc) is 2.75. The molecule has 0 spiro atoms. The lowest BCUT2D eigenvalue weighted by Crippen LogP contribution is -2.50. The number of phenols is 1. The van der Waals surface area contributed by atoms with Gasteiger partial charge in [0.1, 0.15) is 11.5 Å². The molecule has 0 aromatic heterocycles. The van der Waals surface area contributed by atoms with Crippen molar-refractivity contribution < 1.29 is 28.9 Å². The van der Waals surface area contributed by atoms with E-state index < -0.39 is 17.4 Å². The Balaban J connectivity index is 2.19. The number of ketones is 2. The third-order valence-corrected chi connectivity index (χ3v) is 4.67. The van der Waals surface area contributed by atoms with E-state index in [2.05, 4.69) is 0 Å².